The average Bonchev–Trinajstić information content (AvgIpc) is 2.76. The first-order valence-corrected chi connectivity index (χ1v) is 5.88. The number of hydrogen-bond donors (Lipinski definition) is 3. The highest BCUT2D eigenvalue weighted by Gasteiger charge is 2.05. The van der Waals surface area contributed by atoms with Crippen LogP contribution in [-0.4, -0.2) is 46.6 Å². The molecule has 0 radical (unpaired) electrons. The minimum atomic E-state index is -1.04. The van der Waals surface area contributed by atoms with E-state index in [9.17, 15) is 9.59 Å². The van der Waals surface area contributed by atoms with Gasteiger partial charge in [-0.3, -0.25) is 10.00 Å². The number of carboxylic acids is 1. The molecule has 1 heterocycles. The fourth-order valence-corrected chi connectivity index (χ4v) is 1.25. The van der Waals surface area contributed by atoms with E-state index < -0.39 is 12.0 Å². The maximum atomic E-state index is 11.4. The number of carbonyl (C=O) groups excluding carboxylic acids is 1. The summed E-state index contributed by atoms with van der Waals surface area (Å²) in [4.78, 5) is 21.6. The Morgan fingerprint density at radius 3 is 2.84 bits per heavy atom. The molecule has 0 saturated carbocycles. The van der Waals surface area contributed by atoms with Crippen molar-refractivity contribution in [1.82, 2.24) is 15.1 Å². The summed E-state index contributed by atoms with van der Waals surface area (Å²) in [6, 6.07) is 1.51. The highest BCUT2D eigenvalue weighted by Crippen LogP contribution is 2.07. The third kappa shape index (κ3) is 5.87. The third-order valence-electron chi connectivity index (χ3n) is 2.14. The molecule has 0 aromatic carbocycles. The number of urea groups is 1. The first-order chi connectivity index (χ1) is 8.99. The van der Waals surface area contributed by atoms with Crippen LogP contribution in [0.25, 0.3) is 0 Å². The lowest BCUT2D eigenvalue weighted by atomic mass is 10.4. The van der Waals surface area contributed by atoms with Crippen LogP contribution in [0, 0.1) is 0 Å². The summed E-state index contributed by atoms with van der Waals surface area (Å²) in [5.41, 5.74) is 0. The summed E-state index contributed by atoms with van der Waals surface area (Å²) < 4.78 is 6.50. The van der Waals surface area contributed by atoms with Gasteiger partial charge in [0.1, 0.15) is 6.61 Å². The van der Waals surface area contributed by atoms with Gasteiger partial charge in [-0.05, 0) is 13.8 Å². The molecule has 0 aliphatic heterocycles. The molecular weight excluding hydrogens is 252 g/mol. The van der Waals surface area contributed by atoms with Crippen molar-refractivity contribution in [3.63, 3.8) is 0 Å². The highest BCUT2D eigenvalue weighted by molar-refractivity contribution is 5.88. The maximum absolute atomic E-state index is 11.4. The van der Waals surface area contributed by atoms with Crippen LogP contribution in [-0.2, 0) is 9.53 Å². The van der Waals surface area contributed by atoms with Crippen molar-refractivity contribution in [2.45, 2.75) is 19.9 Å². The van der Waals surface area contributed by atoms with Crippen molar-refractivity contribution >= 4 is 17.8 Å². The molecule has 0 bridgehead atoms. The molecule has 1 aromatic heterocycles. The van der Waals surface area contributed by atoms with Gasteiger partial charge in [-0.15, -0.1) is 0 Å². The number of rotatable bonds is 7. The van der Waals surface area contributed by atoms with Gasteiger partial charge in [-0.1, -0.05) is 0 Å². The minimum Gasteiger partial charge on any atom is -0.480 e. The van der Waals surface area contributed by atoms with Gasteiger partial charge < -0.3 is 15.2 Å². The standard InChI is InChI=1S/C11H18N4O4/c1-8(2)15-5-3-9(14-15)13-11(18)12-4-6-19-7-10(16)17/h3,5,8H,4,6-7H2,1-2H3,(H,16,17)(H2,12,13,14,18). The Morgan fingerprint density at radius 1 is 1.53 bits per heavy atom. The molecule has 0 aliphatic rings. The molecule has 0 saturated heterocycles. The molecule has 8 nitrogen and oxygen atoms in total. The lowest BCUT2D eigenvalue weighted by molar-refractivity contribution is -0.142. The van der Waals surface area contributed by atoms with Crippen LogP contribution in [0.15, 0.2) is 12.3 Å². The van der Waals surface area contributed by atoms with E-state index in [4.69, 9.17) is 9.84 Å². The second-order valence-corrected chi connectivity index (χ2v) is 4.10. The van der Waals surface area contributed by atoms with Crippen LogP contribution in [0.4, 0.5) is 10.6 Å². The Balaban J connectivity index is 2.21. The molecule has 0 aliphatic carbocycles. The largest absolute Gasteiger partial charge is 0.480 e. The van der Waals surface area contributed by atoms with Gasteiger partial charge in [0.2, 0.25) is 0 Å². The normalized spacial score (nSPS) is 10.5. The summed E-state index contributed by atoms with van der Waals surface area (Å²) >= 11 is 0. The van der Waals surface area contributed by atoms with Crippen LogP contribution in [0.1, 0.15) is 19.9 Å². The molecule has 0 fully saturated rings. The van der Waals surface area contributed by atoms with Gasteiger partial charge in [0.25, 0.3) is 0 Å². The molecule has 1 rings (SSSR count). The zero-order chi connectivity index (χ0) is 14.3. The molecule has 3 N–H and O–H groups in total. The number of ether oxygens (including phenoxy) is 1. The van der Waals surface area contributed by atoms with E-state index in [1.807, 2.05) is 13.8 Å². The maximum Gasteiger partial charge on any atom is 0.329 e. The molecule has 0 atom stereocenters. The zero-order valence-corrected chi connectivity index (χ0v) is 10.9. The van der Waals surface area contributed by atoms with Gasteiger partial charge in [-0.2, -0.15) is 5.10 Å². The van der Waals surface area contributed by atoms with E-state index in [0.29, 0.717) is 5.82 Å². The highest BCUT2D eigenvalue weighted by atomic mass is 16.5. The van der Waals surface area contributed by atoms with Crippen LogP contribution >= 0.6 is 0 Å². The molecule has 2 amide bonds. The summed E-state index contributed by atoms with van der Waals surface area (Å²) in [5.74, 6) is -0.582. The number of carboxylic acid groups (broad SMARTS) is 1. The average molecular weight is 270 g/mol. The van der Waals surface area contributed by atoms with Crippen LogP contribution in [0.3, 0.4) is 0 Å². The predicted molar refractivity (Wildman–Crippen MR) is 68.1 cm³/mol. The summed E-state index contributed by atoms with van der Waals surface area (Å²) in [6.45, 7) is 3.96. The number of aliphatic carboxylic acids is 1. The Bertz CT molecular complexity index is 430. The first-order valence-electron chi connectivity index (χ1n) is 5.88. The predicted octanol–water partition coefficient (Wildman–Crippen LogP) is 0.687. The lowest BCUT2D eigenvalue weighted by Crippen LogP contribution is -2.32. The molecule has 1 aromatic rings. The smallest absolute Gasteiger partial charge is 0.329 e. The number of nitrogens with zero attached hydrogens (tertiary/aromatic N) is 2. The molecule has 19 heavy (non-hydrogen) atoms. The fourth-order valence-electron chi connectivity index (χ4n) is 1.25. The van der Waals surface area contributed by atoms with E-state index in [1.165, 1.54) is 0 Å². The second kappa shape index (κ2) is 7.37. The Labute approximate surface area is 110 Å². The van der Waals surface area contributed by atoms with Crippen molar-refractivity contribution in [3.05, 3.63) is 12.3 Å². The van der Waals surface area contributed by atoms with E-state index >= 15 is 0 Å². The molecule has 8 heteroatoms. The van der Waals surface area contributed by atoms with Crippen molar-refractivity contribution < 1.29 is 19.4 Å². The van der Waals surface area contributed by atoms with Crippen molar-refractivity contribution in [3.8, 4) is 0 Å². The topological polar surface area (TPSA) is 105 Å². The van der Waals surface area contributed by atoms with E-state index in [0.717, 1.165) is 0 Å². The van der Waals surface area contributed by atoms with Crippen LogP contribution in [0.5, 0.6) is 0 Å². The lowest BCUT2D eigenvalue weighted by Gasteiger charge is -2.06. The SMILES string of the molecule is CC(C)n1ccc(NC(=O)NCCOCC(=O)O)n1. The Hall–Kier alpha value is -2.09. The van der Waals surface area contributed by atoms with E-state index in [1.54, 1.807) is 16.9 Å². The summed E-state index contributed by atoms with van der Waals surface area (Å²) in [7, 11) is 0. The summed E-state index contributed by atoms with van der Waals surface area (Å²) in [5, 5.41) is 17.6. The third-order valence-corrected chi connectivity index (χ3v) is 2.14. The number of carbonyl (C=O) groups is 2. The first kappa shape index (κ1) is 15.0. The fraction of sp³-hybridized carbons (Fsp3) is 0.545. The second-order valence-electron chi connectivity index (χ2n) is 4.10. The van der Waals surface area contributed by atoms with Crippen molar-refractivity contribution in [2.75, 3.05) is 25.1 Å². The summed E-state index contributed by atoms with van der Waals surface area (Å²) in [6.07, 6.45) is 1.77. The zero-order valence-electron chi connectivity index (χ0n) is 10.9. The molecule has 0 spiro atoms. The van der Waals surface area contributed by atoms with Crippen molar-refractivity contribution in [2.24, 2.45) is 0 Å². The van der Waals surface area contributed by atoms with Gasteiger partial charge in [0.15, 0.2) is 5.82 Å². The Kier molecular flexibility index (Phi) is 5.80. The van der Waals surface area contributed by atoms with Gasteiger partial charge in [-0.25, -0.2) is 9.59 Å². The number of nitrogens with one attached hydrogen (secondary N) is 2. The molecule has 106 valence electrons. The molecular formula is C11H18N4O4. The number of aromatic nitrogens is 2. The molecule has 0 unspecified atom stereocenters. The monoisotopic (exact) mass is 270 g/mol. The Morgan fingerprint density at radius 2 is 2.26 bits per heavy atom. The number of hydrogen-bond acceptors (Lipinski definition) is 4. The van der Waals surface area contributed by atoms with Gasteiger partial charge >= 0.3 is 12.0 Å². The van der Waals surface area contributed by atoms with Crippen LogP contribution in [0.2, 0.25) is 0 Å². The number of anilines is 1. The van der Waals surface area contributed by atoms with E-state index in [-0.39, 0.29) is 25.8 Å². The van der Waals surface area contributed by atoms with Gasteiger partial charge in [0, 0.05) is 24.8 Å². The van der Waals surface area contributed by atoms with Gasteiger partial charge in [0.05, 0.1) is 6.61 Å². The van der Waals surface area contributed by atoms with E-state index in [2.05, 4.69) is 15.7 Å². The minimum absolute atomic E-state index is 0.139. The number of amides is 2. The quantitative estimate of drug-likeness (QED) is 0.632. The van der Waals surface area contributed by atoms with Crippen molar-refractivity contribution in [1.29, 1.82) is 0 Å². The van der Waals surface area contributed by atoms with Crippen LogP contribution < -0.4 is 10.6 Å².